The molecule has 1 heterocycles. The van der Waals surface area contributed by atoms with E-state index < -0.39 is 0 Å². The maximum Gasteiger partial charge on any atom is 0.271 e. The lowest BCUT2D eigenvalue weighted by Crippen LogP contribution is -2.32. The van der Waals surface area contributed by atoms with Gasteiger partial charge in [0.05, 0.1) is 17.0 Å². The molecule has 130 valence electrons. The molecule has 1 aliphatic carbocycles. The lowest BCUT2D eigenvalue weighted by molar-refractivity contribution is 0.0905. The largest absolute Gasteiger partial charge is 0.294 e. The van der Waals surface area contributed by atoms with E-state index in [2.05, 4.69) is 31.0 Å². The van der Waals surface area contributed by atoms with Crippen molar-refractivity contribution in [3.63, 3.8) is 0 Å². The number of allylic oxidation sites excluding steroid dienone is 1. The number of carbonyl (C=O) groups excluding carboxylic acids is 2. The van der Waals surface area contributed by atoms with Gasteiger partial charge in [0.1, 0.15) is 0 Å². The van der Waals surface area contributed by atoms with Crippen LogP contribution in [0, 0.1) is 5.41 Å². The van der Waals surface area contributed by atoms with E-state index >= 15 is 0 Å². The van der Waals surface area contributed by atoms with Crippen molar-refractivity contribution in [3.8, 4) is 0 Å². The van der Waals surface area contributed by atoms with Crippen LogP contribution in [-0.2, 0) is 12.8 Å². The topological polar surface area (TPSA) is 64.0 Å². The number of amides is 1. The molecule has 0 spiro atoms. The molecule has 3 rings (SSSR count). The smallest absolute Gasteiger partial charge is 0.271 e. The average molecular weight is 337 g/mol. The van der Waals surface area contributed by atoms with Gasteiger partial charge < -0.3 is 0 Å². The molecule has 1 aromatic heterocycles. The SMILES string of the molecule is C=CCCc1nn(NC(=O)c2ccccc2)c2c1C(=O)CC(C)(C)C2. The van der Waals surface area contributed by atoms with Gasteiger partial charge in [-0.25, -0.2) is 5.43 Å². The van der Waals surface area contributed by atoms with Crippen molar-refractivity contribution in [3.05, 3.63) is 65.5 Å². The molecule has 0 fully saturated rings. The van der Waals surface area contributed by atoms with E-state index in [0.717, 1.165) is 17.8 Å². The van der Waals surface area contributed by atoms with Crippen LogP contribution in [0.15, 0.2) is 43.0 Å². The second kappa shape index (κ2) is 6.67. The summed E-state index contributed by atoms with van der Waals surface area (Å²) in [6.45, 7) is 7.86. The Morgan fingerprint density at radius 2 is 2.04 bits per heavy atom. The molecule has 5 heteroatoms. The zero-order valence-corrected chi connectivity index (χ0v) is 14.7. The molecule has 0 aliphatic heterocycles. The molecule has 0 saturated carbocycles. The normalized spacial score (nSPS) is 15.5. The van der Waals surface area contributed by atoms with Crippen molar-refractivity contribution in [2.45, 2.75) is 39.5 Å². The van der Waals surface area contributed by atoms with Crippen LogP contribution in [0.4, 0.5) is 0 Å². The molecule has 0 atom stereocenters. The van der Waals surface area contributed by atoms with E-state index in [0.29, 0.717) is 30.4 Å². The minimum atomic E-state index is -0.239. The summed E-state index contributed by atoms with van der Waals surface area (Å²) < 4.78 is 0. The Hall–Kier alpha value is -2.69. The molecule has 0 saturated heterocycles. The second-order valence-corrected chi connectivity index (χ2v) is 7.26. The van der Waals surface area contributed by atoms with Gasteiger partial charge in [-0.15, -0.1) is 6.58 Å². The van der Waals surface area contributed by atoms with Crippen LogP contribution in [0.1, 0.15) is 58.8 Å². The Balaban J connectivity index is 1.97. The number of nitrogens with one attached hydrogen (secondary N) is 1. The standard InChI is InChI=1S/C20H23N3O2/c1-4-5-11-15-18-16(12-20(2,3)13-17(18)24)23(21-15)22-19(25)14-9-7-6-8-10-14/h4,6-10H,1,5,11-13H2,2-3H3,(H,22,25). The molecule has 5 nitrogen and oxygen atoms in total. The van der Waals surface area contributed by atoms with E-state index in [-0.39, 0.29) is 17.1 Å². The second-order valence-electron chi connectivity index (χ2n) is 7.26. The number of carbonyl (C=O) groups is 2. The maximum atomic E-state index is 12.7. The number of aryl methyl sites for hydroxylation is 1. The lowest BCUT2D eigenvalue weighted by Gasteiger charge is -2.29. The number of fused-ring (bicyclic) bond motifs is 1. The van der Waals surface area contributed by atoms with Gasteiger partial charge in [-0.1, -0.05) is 38.1 Å². The Morgan fingerprint density at radius 3 is 2.72 bits per heavy atom. The fourth-order valence-corrected chi connectivity index (χ4v) is 3.28. The number of rotatable bonds is 5. The van der Waals surface area contributed by atoms with Crippen LogP contribution in [-0.4, -0.2) is 21.6 Å². The van der Waals surface area contributed by atoms with Crippen molar-refractivity contribution in [2.24, 2.45) is 5.41 Å². The third-order valence-corrected chi connectivity index (χ3v) is 4.45. The van der Waals surface area contributed by atoms with Gasteiger partial charge >= 0.3 is 0 Å². The summed E-state index contributed by atoms with van der Waals surface area (Å²) in [6.07, 6.45) is 4.40. The molecule has 1 amide bonds. The minimum Gasteiger partial charge on any atom is -0.294 e. The van der Waals surface area contributed by atoms with Crippen LogP contribution in [0.25, 0.3) is 0 Å². The van der Waals surface area contributed by atoms with Crippen molar-refractivity contribution < 1.29 is 9.59 Å². The first-order valence-corrected chi connectivity index (χ1v) is 8.52. The van der Waals surface area contributed by atoms with E-state index in [4.69, 9.17) is 0 Å². The fourth-order valence-electron chi connectivity index (χ4n) is 3.28. The molecule has 25 heavy (non-hydrogen) atoms. The van der Waals surface area contributed by atoms with Gasteiger partial charge in [-0.2, -0.15) is 9.89 Å². The molecule has 1 N–H and O–H groups in total. The van der Waals surface area contributed by atoms with Crippen LogP contribution >= 0.6 is 0 Å². The summed E-state index contributed by atoms with van der Waals surface area (Å²) in [5, 5.41) is 4.53. The predicted octanol–water partition coefficient (Wildman–Crippen LogP) is 3.54. The number of nitrogens with zero attached hydrogens (tertiary/aromatic N) is 2. The zero-order chi connectivity index (χ0) is 18.0. The Labute approximate surface area is 147 Å². The Bertz CT molecular complexity index is 819. The quantitative estimate of drug-likeness (QED) is 0.849. The van der Waals surface area contributed by atoms with E-state index in [1.807, 2.05) is 24.3 Å². The number of benzene rings is 1. The van der Waals surface area contributed by atoms with Crippen LogP contribution in [0.5, 0.6) is 0 Å². The Morgan fingerprint density at radius 1 is 1.32 bits per heavy atom. The zero-order valence-electron chi connectivity index (χ0n) is 14.7. The van der Waals surface area contributed by atoms with Crippen molar-refractivity contribution in [2.75, 3.05) is 5.43 Å². The van der Waals surface area contributed by atoms with Crippen LogP contribution in [0.2, 0.25) is 0 Å². The lowest BCUT2D eigenvalue weighted by atomic mass is 9.75. The van der Waals surface area contributed by atoms with Crippen LogP contribution in [0.3, 0.4) is 0 Å². The molecule has 0 radical (unpaired) electrons. The summed E-state index contributed by atoms with van der Waals surface area (Å²) in [5.74, 6) is -0.137. The van der Waals surface area contributed by atoms with Gasteiger partial charge in [0.25, 0.3) is 5.91 Å². The first-order valence-electron chi connectivity index (χ1n) is 8.52. The summed E-state index contributed by atoms with van der Waals surface area (Å²) in [5.41, 5.74) is 5.45. The average Bonchev–Trinajstić information content (AvgIpc) is 2.90. The number of hydrogen-bond donors (Lipinski definition) is 1. The highest BCUT2D eigenvalue weighted by atomic mass is 16.2. The monoisotopic (exact) mass is 337 g/mol. The highest BCUT2D eigenvalue weighted by Crippen LogP contribution is 2.36. The molecular weight excluding hydrogens is 314 g/mol. The van der Waals surface area contributed by atoms with Crippen molar-refractivity contribution in [1.82, 2.24) is 9.89 Å². The molecular formula is C20H23N3O2. The first kappa shape index (κ1) is 17.1. The third kappa shape index (κ3) is 3.55. The molecule has 2 aromatic rings. The van der Waals surface area contributed by atoms with Crippen molar-refractivity contribution in [1.29, 1.82) is 0 Å². The van der Waals surface area contributed by atoms with Crippen LogP contribution < -0.4 is 5.43 Å². The van der Waals surface area contributed by atoms with Gasteiger partial charge in [0.15, 0.2) is 5.78 Å². The summed E-state index contributed by atoms with van der Waals surface area (Å²) in [4.78, 5) is 26.7. The first-order chi connectivity index (χ1) is 11.9. The summed E-state index contributed by atoms with van der Waals surface area (Å²) in [7, 11) is 0. The predicted molar refractivity (Wildman–Crippen MR) is 97.3 cm³/mol. The van der Waals surface area contributed by atoms with E-state index in [9.17, 15) is 9.59 Å². The summed E-state index contributed by atoms with van der Waals surface area (Å²) >= 11 is 0. The molecule has 1 aliphatic rings. The molecule has 0 bridgehead atoms. The Kier molecular flexibility index (Phi) is 4.57. The van der Waals surface area contributed by atoms with Crippen molar-refractivity contribution >= 4 is 11.7 Å². The number of ketones is 1. The number of Topliss-reactive ketones (excluding diaryl/α,β-unsaturated/α-hetero) is 1. The number of aromatic nitrogens is 2. The van der Waals surface area contributed by atoms with Gasteiger partial charge in [0.2, 0.25) is 0 Å². The minimum absolute atomic E-state index is 0.102. The van der Waals surface area contributed by atoms with Gasteiger partial charge in [-0.05, 0) is 36.8 Å². The molecule has 0 unspecified atom stereocenters. The summed E-state index contributed by atoms with van der Waals surface area (Å²) in [6, 6.07) is 8.99. The van der Waals surface area contributed by atoms with E-state index in [1.54, 1.807) is 12.1 Å². The van der Waals surface area contributed by atoms with E-state index in [1.165, 1.54) is 4.79 Å². The van der Waals surface area contributed by atoms with Gasteiger partial charge in [-0.3, -0.25) is 9.59 Å². The van der Waals surface area contributed by atoms with Gasteiger partial charge in [0, 0.05) is 12.0 Å². The maximum absolute atomic E-state index is 12.7. The number of hydrogen-bond acceptors (Lipinski definition) is 3. The fraction of sp³-hybridized carbons (Fsp3) is 0.350. The third-order valence-electron chi connectivity index (χ3n) is 4.45. The highest BCUT2D eigenvalue weighted by Gasteiger charge is 2.36. The highest BCUT2D eigenvalue weighted by molar-refractivity contribution is 6.01. The molecule has 1 aromatic carbocycles.